The van der Waals surface area contributed by atoms with Crippen molar-refractivity contribution in [2.75, 3.05) is 32.9 Å². The van der Waals surface area contributed by atoms with Crippen molar-refractivity contribution in [1.82, 2.24) is 4.90 Å². The molecule has 1 heterocycles. The zero-order valence-corrected chi connectivity index (χ0v) is 9.70. The summed E-state index contributed by atoms with van der Waals surface area (Å²) in [7, 11) is 0. The molecule has 0 saturated carbocycles. The second-order valence-electron chi connectivity index (χ2n) is 3.70. The predicted octanol–water partition coefficient (Wildman–Crippen LogP) is 1.05. The van der Waals surface area contributed by atoms with Crippen molar-refractivity contribution in [3.8, 4) is 0 Å². The molecule has 0 spiro atoms. The van der Waals surface area contributed by atoms with Crippen molar-refractivity contribution in [3.63, 3.8) is 0 Å². The number of rotatable bonds is 6. The molecule has 15 heavy (non-hydrogen) atoms. The molecule has 0 N–H and O–H groups in total. The smallest absolute Gasteiger partial charge is 0.248 e. The zero-order chi connectivity index (χ0) is 11.1. The summed E-state index contributed by atoms with van der Waals surface area (Å²) in [6.45, 7) is 6.93. The van der Waals surface area contributed by atoms with E-state index in [2.05, 4.69) is 0 Å². The van der Waals surface area contributed by atoms with Crippen LogP contribution < -0.4 is 0 Å². The summed E-state index contributed by atoms with van der Waals surface area (Å²) in [5.41, 5.74) is 0. The quantitative estimate of drug-likeness (QED) is 0.665. The van der Waals surface area contributed by atoms with Crippen molar-refractivity contribution in [2.45, 2.75) is 32.8 Å². The van der Waals surface area contributed by atoms with E-state index in [1.54, 1.807) is 0 Å². The van der Waals surface area contributed by atoms with Crippen LogP contribution in [-0.2, 0) is 14.3 Å². The van der Waals surface area contributed by atoms with E-state index < -0.39 is 0 Å². The molecule has 1 fully saturated rings. The highest BCUT2D eigenvalue weighted by atomic mass is 16.5. The highest BCUT2D eigenvalue weighted by molar-refractivity contribution is 5.77. The Morgan fingerprint density at radius 3 is 2.87 bits per heavy atom. The summed E-state index contributed by atoms with van der Waals surface area (Å²) in [6.07, 6.45) is 2.41. The van der Waals surface area contributed by atoms with Gasteiger partial charge in [0.1, 0.15) is 6.61 Å². The van der Waals surface area contributed by atoms with E-state index in [0.29, 0.717) is 13.2 Å². The number of hydrogen-bond acceptors (Lipinski definition) is 3. The first kappa shape index (κ1) is 12.5. The summed E-state index contributed by atoms with van der Waals surface area (Å²) in [6, 6.07) is 0. The Morgan fingerprint density at radius 1 is 1.53 bits per heavy atom. The Kier molecular flexibility index (Phi) is 5.65. The van der Waals surface area contributed by atoms with Crippen LogP contribution in [0, 0.1) is 0 Å². The second kappa shape index (κ2) is 6.80. The molecule has 4 nitrogen and oxygen atoms in total. The van der Waals surface area contributed by atoms with E-state index in [4.69, 9.17) is 9.47 Å². The van der Waals surface area contributed by atoms with Gasteiger partial charge in [-0.3, -0.25) is 4.79 Å². The van der Waals surface area contributed by atoms with Crippen molar-refractivity contribution in [3.05, 3.63) is 0 Å². The molecule has 1 saturated heterocycles. The van der Waals surface area contributed by atoms with E-state index in [0.717, 1.165) is 26.0 Å². The number of likely N-dealkylation sites (N-methyl/N-ethyl adjacent to an activating group) is 1. The summed E-state index contributed by atoms with van der Waals surface area (Å²) >= 11 is 0. The third-order valence-corrected chi connectivity index (χ3v) is 2.61. The van der Waals surface area contributed by atoms with Gasteiger partial charge in [-0.05, 0) is 26.7 Å². The van der Waals surface area contributed by atoms with Gasteiger partial charge in [0.2, 0.25) is 5.91 Å². The molecule has 0 aromatic heterocycles. The normalized spacial score (nSPS) is 20.5. The molecule has 1 aliphatic heterocycles. The molecule has 1 unspecified atom stereocenters. The van der Waals surface area contributed by atoms with Crippen LogP contribution in [0.4, 0.5) is 0 Å². The molecule has 1 aliphatic rings. The van der Waals surface area contributed by atoms with Gasteiger partial charge in [-0.1, -0.05) is 0 Å². The summed E-state index contributed by atoms with van der Waals surface area (Å²) in [5.74, 6) is 0.0647. The third-order valence-electron chi connectivity index (χ3n) is 2.61. The van der Waals surface area contributed by atoms with E-state index in [1.165, 1.54) is 0 Å². The number of hydrogen-bond donors (Lipinski definition) is 0. The number of nitrogens with zero attached hydrogens (tertiary/aromatic N) is 1. The molecule has 0 bridgehead atoms. The van der Waals surface area contributed by atoms with Crippen LogP contribution in [0.1, 0.15) is 26.7 Å². The molecule has 4 heteroatoms. The highest BCUT2D eigenvalue weighted by Crippen LogP contribution is 2.13. The minimum Gasteiger partial charge on any atom is -0.376 e. The third kappa shape index (κ3) is 4.18. The number of carbonyl (C=O) groups excluding carboxylic acids is 1. The van der Waals surface area contributed by atoms with Crippen molar-refractivity contribution >= 4 is 5.91 Å². The number of carbonyl (C=O) groups is 1. The first-order chi connectivity index (χ1) is 7.27. The lowest BCUT2D eigenvalue weighted by Crippen LogP contribution is -2.39. The van der Waals surface area contributed by atoms with Gasteiger partial charge in [-0.2, -0.15) is 0 Å². The molecule has 0 radical (unpaired) electrons. The van der Waals surface area contributed by atoms with Crippen molar-refractivity contribution in [2.24, 2.45) is 0 Å². The Morgan fingerprint density at radius 2 is 2.33 bits per heavy atom. The van der Waals surface area contributed by atoms with Crippen LogP contribution >= 0.6 is 0 Å². The Hall–Kier alpha value is -0.610. The maximum atomic E-state index is 11.7. The van der Waals surface area contributed by atoms with E-state index >= 15 is 0 Å². The number of amides is 1. The molecule has 1 rings (SSSR count). The molecule has 1 amide bonds. The maximum Gasteiger partial charge on any atom is 0.248 e. The fourth-order valence-electron chi connectivity index (χ4n) is 1.72. The zero-order valence-electron chi connectivity index (χ0n) is 9.70. The summed E-state index contributed by atoms with van der Waals surface area (Å²) in [4.78, 5) is 13.5. The van der Waals surface area contributed by atoms with Gasteiger partial charge in [0.15, 0.2) is 0 Å². The fraction of sp³-hybridized carbons (Fsp3) is 0.909. The largest absolute Gasteiger partial charge is 0.376 e. The topological polar surface area (TPSA) is 38.8 Å². The van der Waals surface area contributed by atoms with Gasteiger partial charge in [0, 0.05) is 26.3 Å². The standard InChI is InChI=1S/C11H21NO3/c1-3-12(11(13)9-14-4-2)8-10-6-5-7-15-10/h10H,3-9H2,1-2H3. The van der Waals surface area contributed by atoms with Gasteiger partial charge in [-0.25, -0.2) is 0 Å². The Labute approximate surface area is 91.5 Å². The molecular formula is C11H21NO3. The molecule has 0 aromatic rings. The SMILES string of the molecule is CCOCC(=O)N(CC)CC1CCCO1. The minimum atomic E-state index is 0.0647. The summed E-state index contributed by atoms with van der Waals surface area (Å²) in [5, 5.41) is 0. The van der Waals surface area contributed by atoms with Gasteiger partial charge >= 0.3 is 0 Å². The van der Waals surface area contributed by atoms with Crippen LogP contribution in [0.5, 0.6) is 0 Å². The first-order valence-electron chi connectivity index (χ1n) is 5.75. The van der Waals surface area contributed by atoms with Crippen LogP contribution in [0.2, 0.25) is 0 Å². The lowest BCUT2D eigenvalue weighted by atomic mass is 10.2. The molecular weight excluding hydrogens is 194 g/mol. The van der Waals surface area contributed by atoms with Gasteiger partial charge in [0.25, 0.3) is 0 Å². The van der Waals surface area contributed by atoms with E-state index in [1.807, 2.05) is 18.7 Å². The molecule has 1 atom stereocenters. The second-order valence-corrected chi connectivity index (χ2v) is 3.70. The van der Waals surface area contributed by atoms with Gasteiger partial charge in [0.05, 0.1) is 6.10 Å². The average molecular weight is 215 g/mol. The average Bonchev–Trinajstić information content (AvgIpc) is 2.75. The summed E-state index contributed by atoms with van der Waals surface area (Å²) < 4.78 is 10.6. The number of ether oxygens (including phenoxy) is 2. The molecule has 0 aliphatic carbocycles. The monoisotopic (exact) mass is 215 g/mol. The van der Waals surface area contributed by atoms with Crippen molar-refractivity contribution < 1.29 is 14.3 Å². The lowest BCUT2D eigenvalue weighted by molar-refractivity contribution is -0.137. The highest BCUT2D eigenvalue weighted by Gasteiger charge is 2.21. The predicted molar refractivity (Wildman–Crippen MR) is 57.7 cm³/mol. The maximum absolute atomic E-state index is 11.7. The van der Waals surface area contributed by atoms with Crippen molar-refractivity contribution in [1.29, 1.82) is 0 Å². The first-order valence-corrected chi connectivity index (χ1v) is 5.75. The van der Waals surface area contributed by atoms with Gasteiger partial charge in [-0.15, -0.1) is 0 Å². The van der Waals surface area contributed by atoms with Crippen LogP contribution in [0.25, 0.3) is 0 Å². The molecule has 88 valence electrons. The van der Waals surface area contributed by atoms with Gasteiger partial charge < -0.3 is 14.4 Å². The molecule has 0 aromatic carbocycles. The van der Waals surface area contributed by atoms with E-state index in [9.17, 15) is 4.79 Å². The lowest BCUT2D eigenvalue weighted by Gasteiger charge is -2.23. The van der Waals surface area contributed by atoms with Crippen LogP contribution in [0.3, 0.4) is 0 Å². The van der Waals surface area contributed by atoms with E-state index in [-0.39, 0.29) is 18.6 Å². The minimum absolute atomic E-state index is 0.0647. The Bertz CT molecular complexity index is 190. The van der Waals surface area contributed by atoms with Crippen LogP contribution in [0.15, 0.2) is 0 Å². The fourth-order valence-corrected chi connectivity index (χ4v) is 1.72. The Balaban J connectivity index is 2.29. The van der Waals surface area contributed by atoms with Crippen LogP contribution in [-0.4, -0.2) is 49.8 Å².